The lowest BCUT2D eigenvalue weighted by molar-refractivity contribution is 0.0992. The van der Waals surface area contributed by atoms with E-state index in [1.165, 1.54) is 10.5 Å². The average Bonchev–Trinajstić information content (AvgIpc) is 2.80. The zero-order chi connectivity index (χ0) is 13.0. The third kappa shape index (κ3) is 2.76. The zero-order valence-electron chi connectivity index (χ0n) is 10.3. The number of carbonyl (C=O) groups is 1. The zero-order valence-corrected chi connectivity index (χ0v) is 11.1. The number of nitrogens with zero attached hydrogens (tertiary/aromatic N) is 1. The molecule has 0 radical (unpaired) electrons. The van der Waals surface area contributed by atoms with E-state index in [2.05, 4.69) is 19.1 Å². The predicted molar refractivity (Wildman–Crippen MR) is 74.9 cm³/mol. The molecule has 0 saturated heterocycles. The van der Waals surface area contributed by atoms with E-state index in [1.54, 1.807) is 6.07 Å². The Kier molecular flexibility index (Phi) is 4.10. The van der Waals surface area contributed by atoms with Crippen LogP contribution in [0.2, 0.25) is 0 Å². The molecule has 0 aliphatic heterocycles. The Morgan fingerprint density at radius 1 is 1.28 bits per heavy atom. The topological polar surface area (TPSA) is 48.0 Å². The minimum Gasteiger partial charge on any atom is -0.364 e. The molecule has 1 amide bonds. The molecule has 0 unspecified atom stereocenters. The van der Waals surface area contributed by atoms with Gasteiger partial charge in [-0.3, -0.25) is 4.79 Å². The SMILES string of the molecule is CCSc1ccccc1Cn1cccc1C(N)=O. The summed E-state index contributed by atoms with van der Waals surface area (Å²) >= 11 is 1.81. The Balaban J connectivity index is 2.28. The molecule has 0 spiro atoms. The van der Waals surface area contributed by atoms with E-state index in [-0.39, 0.29) is 5.91 Å². The molecule has 0 bridgehead atoms. The van der Waals surface area contributed by atoms with Crippen LogP contribution in [0.4, 0.5) is 0 Å². The van der Waals surface area contributed by atoms with Gasteiger partial charge in [-0.15, -0.1) is 11.8 Å². The number of amides is 1. The first-order valence-corrected chi connectivity index (χ1v) is 6.86. The molecule has 3 nitrogen and oxygen atoms in total. The summed E-state index contributed by atoms with van der Waals surface area (Å²) in [6, 6.07) is 11.8. The van der Waals surface area contributed by atoms with Crippen molar-refractivity contribution in [1.29, 1.82) is 0 Å². The maximum absolute atomic E-state index is 11.3. The van der Waals surface area contributed by atoms with Crippen LogP contribution < -0.4 is 5.73 Å². The summed E-state index contributed by atoms with van der Waals surface area (Å²) in [5, 5.41) is 0. The molecule has 2 N–H and O–H groups in total. The smallest absolute Gasteiger partial charge is 0.265 e. The molecule has 1 aromatic carbocycles. The summed E-state index contributed by atoms with van der Waals surface area (Å²) in [7, 11) is 0. The highest BCUT2D eigenvalue weighted by Gasteiger charge is 2.08. The summed E-state index contributed by atoms with van der Waals surface area (Å²) in [6.45, 7) is 2.81. The largest absolute Gasteiger partial charge is 0.364 e. The summed E-state index contributed by atoms with van der Waals surface area (Å²) < 4.78 is 1.89. The van der Waals surface area contributed by atoms with E-state index >= 15 is 0 Å². The van der Waals surface area contributed by atoms with Crippen molar-refractivity contribution in [3.8, 4) is 0 Å². The number of nitrogens with two attached hydrogens (primary N) is 1. The van der Waals surface area contributed by atoms with E-state index < -0.39 is 0 Å². The molecule has 94 valence electrons. The molecule has 0 aliphatic carbocycles. The first kappa shape index (κ1) is 12.8. The molecular formula is C14H16N2OS. The van der Waals surface area contributed by atoms with Crippen molar-refractivity contribution >= 4 is 17.7 Å². The van der Waals surface area contributed by atoms with Gasteiger partial charge >= 0.3 is 0 Å². The van der Waals surface area contributed by atoms with Gasteiger partial charge in [-0.05, 0) is 29.5 Å². The Hall–Kier alpha value is -1.68. The Bertz CT molecular complexity index is 548. The van der Waals surface area contributed by atoms with Crippen molar-refractivity contribution < 1.29 is 4.79 Å². The number of rotatable bonds is 5. The highest BCUT2D eigenvalue weighted by atomic mass is 32.2. The number of benzene rings is 1. The van der Waals surface area contributed by atoms with Crippen LogP contribution in [0.5, 0.6) is 0 Å². The molecular weight excluding hydrogens is 244 g/mol. The number of thioether (sulfide) groups is 1. The lowest BCUT2D eigenvalue weighted by atomic mass is 10.2. The van der Waals surface area contributed by atoms with Crippen molar-refractivity contribution in [1.82, 2.24) is 4.57 Å². The fourth-order valence-electron chi connectivity index (χ4n) is 1.89. The molecule has 1 heterocycles. The maximum Gasteiger partial charge on any atom is 0.265 e. The first-order chi connectivity index (χ1) is 8.72. The predicted octanol–water partition coefficient (Wildman–Crippen LogP) is 2.75. The van der Waals surface area contributed by atoms with E-state index in [1.807, 2.05) is 40.7 Å². The van der Waals surface area contributed by atoms with E-state index in [4.69, 9.17) is 5.73 Å². The second kappa shape index (κ2) is 5.78. The van der Waals surface area contributed by atoms with Crippen molar-refractivity contribution in [3.63, 3.8) is 0 Å². The van der Waals surface area contributed by atoms with Crippen LogP contribution >= 0.6 is 11.8 Å². The highest BCUT2D eigenvalue weighted by Crippen LogP contribution is 2.23. The number of aromatic nitrogens is 1. The van der Waals surface area contributed by atoms with E-state index in [0.717, 1.165) is 5.75 Å². The molecule has 0 aliphatic rings. The molecule has 2 rings (SSSR count). The Morgan fingerprint density at radius 3 is 2.78 bits per heavy atom. The lowest BCUT2D eigenvalue weighted by Crippen LogP contribution is -2.17. The van der Waals surface area contributed by atoms with Gasteiger partial charge in [-0.1, -0.05) is 25.1 Å². The van der Waals surface area contributed by atoms with Crippen LogP contribution in [0.3, 0.4) is 0 Å². The standard InChI is InChI=1S/C14H16N2OS/c1-2-18-13-8-4-3-6-11(13)10-16-9-5-7-12(16)14(15)17/h3-9H,2,10H2,1H3,(H2,15,17). The monoisotopic (exact) mass is 260 g/mol. The molecule has 18 heavy (non-hydrogen) atoms. The number of hydrogen-bond acceptors (Lipinski definition) is 2. The molecule has 0 saturated carbocycles. The van der Waals surface area contributed by atoms with Gasteiger partial charge in [0, 0.05) is 17.6 Å². The van der Waals surface area contributed by atoms with Crippen LogP contribution in [-0.2, 0) is 6.54 Å². The molecule has 2 aromatic rings. The maximum atomic E-state index is 11.3. The molecule has 0 atom stereocenters. The highest BCUT2D eigenvalue weighted by molar-refractivity contribution is 7.99. The first-order valence-electron chi connectivity index (χ1n) is 5.88. The van der Waals surface area contributed by atoms with Gasteiger partial charge in [-0.25, -0.2) is 0 Å². The summed E-state index contributed by atoms with van der Waals surface area (Å²) in [5.74, 6) is 0.645. The van der Waals surface area contributed by atoms with Crippen molar-refractivity contribution in [2.75, 3.05) is 5.75 Å². The minimum atomic E-state index is -0.388. The van der Waals surface area contributed by atoms with Gasteiger partial charge in [0.15, 0.2) is 0 Å². The minimum absolute atomic E-state index is 0.388. The second-order valence-electron chi connectivity index (χ2n) is 3.93. The second-order valence-corrected chi connectivity index (χ2v) is 5.23. The number of hydrogen-bond donors (Lipinski definition) is 1. The van der Waals surface area contributed by atoms with Crippen molar-refractivity contribution in [2.45, 2.75) is 18.4 Å². The van der Waals surface area contributed by atoms with Crippen molar-refractivity contribution in [2.24, 2.45) is 5.73 Å². The number of carbonyl (C=O) groups excluding carboxylic acids is 1. The molecule has 0 fully saturated rings. The van der Waals surface area contributed by atoms with Crippen LogP contribution in [0.15, 0.2) is 47.5 Å². The normalized spacial score (nSPS) is 10.5. The Labute approximate surface area is 111 Å². The molecule has 4 heteroatoms. The van der Waals surface area contributed by atoms with Gasteiger partial charge in [0.1, 0.15) is 5.69 Å². The average molecular weight is 260 g/mol. The lowest BCUT2D eigenvalue weighted by Gasteiger charge is -2.11. The van der Waals surface area contributed by atoms with Crippen molar-refractivity contribution in [3.05, 3.63) is 53.9 Å². The number of primary amides is 1. The van der Waals surface area contributed by atoms with E-state index in [9.17, 15) is 4.79 Å². The van der Waals surface area contributed by atoms with Gasteiger partial charge in [0.2, 0.25) is 0 Å². The Morgan fingerprint density at radius 2 is 2.06 bits per heavy atom. The van der Waals surface area contributed by atoms with E-state index in [0.29, 0.717) is 12.2 Å². The summed E-state index contributed by atoms with van der Waals surface area (Å²) in [5.41, 5.74) is 7.10. The van der Waals surface area contributed by atoms with Crippen LogP contribution in [-0.4, -0.2) is 16.2 Å². The third-order valence-electron chi connectivity index (χ3n) is 2.70. The molecule has 1 aromatic heterocycles. The fourth-order valence-corrected chi connectivity index (χ4v) is 2.69. The van der Waals surface area contributed by atoms with Gasteiger partial charge in [0.05, 0.1) is 0 Å². The summed E-state index contributed by atoms with van der Waals surface area (Å²) in [4.78, 5) is 12.5. The van der Waals surface area contributed by atoms with Gasteiger partial charge in [-0.2, -0.15) is 0 Å². The third-order valence-corrected chi connectivity index (χ3v) is 3.69. The van der Waals surface area contributed by atoms with Gasteiger partial charge in [0.25, 0.3) is 5.91 Å². The fraction of sp³-hybridized carbons (Fsp3) is 0.214. The van der Waals surface area contributed by atoms with Crippen LogP contribution in [0.25, 0.3) is 0 Å². The summed E-state index contributed by atoms with van der Waals surface area (Å²) in [6.07, 6.45) is 1.88. The quantitative estimate of drug-likeness (QED) is 0.840. The van der Waals surface area contributed by atoms with Crippen LogP contribution in [0.1, 0.15) is 23.0 Å². The van der Waals surface area contributed by atoms with Gasteiger partial charge < -0.3 is 10.3 Å². The van der Waals surface area contributed by atoms with Crippen LogP contribution in [0, 0.1) is 0 Å².